The Morgan fingerprint density at radius 3 is 2.69 bits per heavy atom. The minimum absolute atomic E-state index is 0. The van der Waals surface area contributed by atoms with E-state index in [-0.39, 0.29) is 18.3 Å². The van der Waals surface area contributed by atoms with E-state index in [9.17, 15) is 4.79 Å². The Hall–Kier alpha value is -0.770. The van der Waals surface area contributed by atoms with Gasteiger partial charge in [0.05, 0.1) is 0 Å². The van der Waals surface area contributed by atoms with Crippen LogP contribution in [0.25, 0.3) is 0 Å². The highest BCUT2D eigenvalue weighted by Gasteiger charge is 2.02. The summed E-state index contributed by atoms with van der Waals surface area (Å²) in [6.45, 7) is 2.60. The summed E-state index contributed by atoms with van der Waals surface area (Å²) < 4.78 is 0. The summed E-state index contributed by atoms with van der Waals surface area (Å²) in [5, 5.41) is 6.37. The molecule has 90 valence electrons. The fourth-order valence-electron chi connectivity index (χ4n) is 1.13. The summed E-state index contributed by atoms with van der Waals surface area (Å²) in [4.78, 5) is 11.4. The van der Waals surface area contributed by atoms with Crippen LogP contribution in [0.3, 0.4) is 0 Å². The van der Waals surface area contributed by atoms with E-state index in [2.05, 4.69) is 10.6 Å². The van der Waals surface area contributed by atoms with E-state index >= 15 is 0 Å². The zero-order valence-electron chi connectivity index (χ0n) is 9.34. The molecule has 0 bridgehead atoms. The average molecular weight is 263 g/mol. The Morgan fingerprint density at radius 2 is 2.12 bits per heavy atom. The molecule has 0 radical (unpaired) electrons. The Balaban J connectivity index is 0.00000225. The monoisotopic (exact) mass is 262 g/mol. The number of hydrogen-bond acceptors (Lipinski definition) is 2. The maximum Gasteiger partial charge on any atom is 0.225 e. The van der Waals surface area contributed by atoms with Gasteiger partial charge in [-0.15, -0.1) is 12.4 Å². The molecule has 0 unspecified atom stereocenters. The van der Waals surface area contributed by atoms with E-state index < -0.39 is 0 Å². The van der Waals surface area contributed by atoms with Gasteiger partial charge in [0.15, 0.2) is 0 Å². The van der Waals surface area contributed by atoms with Gasteiger partial charge in [0.25, 0.3) is 0 Å². The van der Waals surface area contributed by atoms with Gasteiger partial charge in [-0.05, 0) is 31.7 Å². The molecule has 2 N–H and O–H groups in total. The second kappa shape index (κ2) is 7.49. The number of benzene rings is 1. The van der Waals surface area contributed by atoms with Crippen molar-refractivity contribution < 1.29 is 4.79 Å². The normalized spacial score (nSPS) is 9.44. The van der Waals surface area contributed by atoms with Crippen molar-refractivity contribution in [3.05, 3.63) is 28.8 Å². The molecule has 0 saturated heterocycles. The first-order chi connectivity index (χ1) is 7.13. The molecule has 0 aromatic heterocycles. The first-order valence-corrected chi connectivity index (χ1v) is 5.22. The topological polar surface area (TPSA) is 41.1 Å². The Labute approximate surface area is 107 Å². The summed E-state index contributed by atoms with van der Waals surface area (Å²) in [6.07, 6.45) is 0.460. The van der Waals surface area contributed by atoms with Gasteiger partial charge in [0, 0.05) is 23.7 Å². The molecule has 3 nitrogen and oxygen atoms in total. The van der Waals surface area contributed by atoms with Crippen LogP contribution in [-0.4, -0.2) is 19.5 Å². The van der Waals surface area contributed by atoms with Gasteiger partial charge in [0.2, 0.25) is 5.91 Å². The number of amides is 1. The zero-order valence-corrected chi connectivity index (χ0v) is 10.9. The Bertz CT molecular complexity index is 356. The van der Waals surface area contributed by atoms with E-state index in [1.807, 2.05) is 26.1 Å². The number of carbonyl (C=O) groups is 1. The van der Waals surface area contributed by atoms with Crippen LogP contribution >= 0.6 is 24.0 Å². The molecule has 0 aliphatic carbocycles. The Kier molecular flexibility index (Phi) is 7.13. The van der Waals surface area contributed by atoms with Crippen molar-refractivity contribution in [3.63, 3.8) is 0 Å². The summed E-state index contributed by atoms with van der Waals surface area (Å²) in [7, 11) is 1.82. The summed E-state index contributed by atoms with van der Waals surface area (Å²) >= 11 is 5.94. The third kappa shape index (κ3) is 4.84. The van der Waals surface area contributed by atoms with Gasteiger partial charge in [-0.1, -0.05) is 17.7 Å². The predicted octanol–water partition coefficient (Wildman–Crippen LogP) is 2.62. The molecule has 16 heavy (non-hydrogen) atoms. The van der Waals surface area contributed by atoms with Crippen LogP contribution in [0, 0.1) is 6.92 Å². The van der Waals surface area contributed by atoms with Crippen molar-refractivity contribution in [2.75, 3.05) is 18.9 Å². The molecule has 1 aromatic carbocycles. The molecule has 0 aliphatic rings. The minimum atomic E-state index is -0.00994. The molecule has 0 fully saturated rings. The van der Waals surface area contributed by atoms with E-state index in [0.717, 1.165) is 11.3 Å². The first-order valence-electron chi connectivity index (χ1n) is 4.84. The Morgan fingerprint density at radius 1 is 1.44 bits per heavy atom. The molecule has 1 amide bonds. The summed E-state index contributed by atoms with van der Waals surface area (Å²) in [5.74, 6) is -0.00994. The second-order valence-corrected chi connectivity index (χ2v) is 3.77. The number of aryl methyl sites for hydroxylation is 1. The molecule has 0 atom stereocenters. The van der Waals surface area contributed by atoms with E-state index in [1.165, 1.54) is 0 Å². The first kappa shape index (κ1) is 15.2. The number of rotatable bonds is 4. The van der Waals surface area contributed by atoms with Gasteiger partial charge >= 0.3 is 0 Å². The van der Waals surface area contributed by atoms with E-state index in [1.54, 1.807) is 6.07 Å². The fourth-order valence-corrected chi connectivity index (χ4v) is 1.31. The zero-order chi connectivity index (χ0) is 11.3. The summed E-state index contributed by atoms with van der Waals surface area (Å²) in [5.41, 5.74) is 1.75. The lowest BCUT2D eigenvalue weighted by molar-refractivity contribution is -0.116. The van der Waals surface area contributed by atoms with Crippen LogP contribution in [-0.2, 0) is 4.79 Å². The van der Waals surface area contributed by atoms with Gasteiger partial charge in [0.1, 0.15) is 0 Å². The fraction of sp³-hybridized carbons (Fsp3) is 0.364. The number of anilines is 1. The maximum absolute atomic E-state index is 11.4. The third-order valence-corrected chi connectivity index (χ3v) is 2.46. The lowest BCUT2D eigenvalue weighted by Gasteiger charge is -2.06. The van der Waals surface area contributed by atoms with Crippen molar-refractivity contribution in [1.82, 2.24) is 5.32 Å². The van der Waals surface area contributed by atoms with E-state index in [4.69, 9.17) is 11.6 Å². The number of halogens is 2. The van der Waals surface area contributed by atoms with Gasteiger partial charge < -0.3 is 10.6 Å². The molecule has 0 aliphatic heterocycles. The van der Waals surface area contributed by atoms with Crippen molar-refractivity contribution >= 4 is 35.6 Å². The predicted molar refractivity (Wildman–Crippen MR) is 70.6 cm³/mol. The third-order valence-electron chi connectivity index (χ3n) is 2.06. The van der Waals surface area contributed by atoms with Crippen LogP contribution in [0.4, 0.5) is 5.69 Å². The summed E-state index contributed by atoms with van der Waals surface area (Å²) in [6, 6.07) is 5.49. The quantitative estimate of drug-likeness (QED) is 0.876. The van der Waals surface area contributed by atoms with Gasteiger partial charge in [-0.3, -0.25) is 4.79 Å². The lowest BCUT2D eigenvalue weighted by atomic mass is 10.2. The molecule has 1 rings (SSSR count). The van der Waals surface area contributed by atoms with Gasteiger partial charge in [-0.2, -0.15) is 0 Å². The molecule has 0 spiro atoms. The van der Waals surface area contributed by atoms with E-state index in [0.29, 0.717) is 18.0 Å². The molecule has 0 heterocycles. The van der Waals surface area contributed by atoms with Crippen LogP contribution in [0.5, 0.6) is 0 Å². The highest BCUT2D eigenvalue weighted by molar-refractivity contribution is 6.31. The second-order valence-electron chi connectivity index (χ2n) is 3.37. The van der Waals surface area contributed by atoms with Crippen molar-refractivity contribution in [2.45, 2.75) is 13.3 Å². The van der Waals surface area contributed by atoms with Gasteiger partial charge in [-0.25, -0.2) is 0 Å². The molecule has 0 saturated carbocycles. The van der Waals surface area contributed by atoms with Crippen molar-refractivity contribution in [1.29, 1.82) is 0 Å². The molecule has 1 aromatic rings. The average Bonchev–Trinajstić information content (AvgIpc) is 2.20. The molecular formula is C11H16Cl2N2O. The largest absolute Gasteiger partial charge is 0.326 e. The van der Waals surface area contributed by atoms with Crippen LogP contribution in [0.1, 0.15) is 12.0 Å². The SMILES string of the molecule is CNCCC(=O)Nc1ccc(C)c(Cl)c1.Cl. The molecule has 5 heteroatoms. The molecular weight excluding hydrogens is 247 g/mol. The standard InChI is InChI=1S/C11H15ClN2O.ClH/c1-8-3-4-9(7-10(8)12)14-11(15)5-6-13-2;/h3-4,7,13H,5-6H2,1-2H3,(H,14,15);1H. The number of hydrogen-bond donors (Lipinski definition) is 2. The maximum atomic E-state index is 11.4. The van der Waals surface area contributed by atoms with Crippen LogP contribution < -0.4 is 10.6 Å². The highest BCUT2D eigenvalue weighted by atomic mass is 35.5. The number of nitrogens with one attached hydrogen (secondary N) is 2. The van der Waals surface area contributed by atoms with Crippen LogP contribution in [0.15, 0.2) is 18.2 Å². The van der Waals surface area contributed by atoms with Crippen LogP contribution in [0.2, 0.25) is 5.02 Å². The van der Waals surface area contributed by atoms with Crippen molar-refractivity contribution in [2.24, 2.45) is 0 Å². The minimum Gasteiger partial charge on any atom is -0.326 e. The smallest absolute Gasteiger partial charge is 0.225 e. The number of carbonyl (C=O) groups excluding carboxylic acids is 1. The highest BCUT2D eigenvalue weighted by Crippen LogP contribution is 2.19. The van der Waals surface area contributed by atoms with Crippen molar-refractivity contribution in [3.8, 4) is 0 Å². The lowest BCUT2D eigenvalue weighted by Crippen LogP contribution is -2.18.